The van der Waals surface area contributed by atoms with Crippen molar-refractivity contribution >= 4 is 11.7 Å². The number of anilines is 1. The zero-order valence-corrected chi connectivity index (χ0v) is 21.1. The maximum Gasteiger partial charge on any atom is 0.317 e. The third-order valence-corrected chi connectivity index (χ3v) is 8.17. The molecule has 6 nitrogen and oxygen atoms in total. The van der Waals surface area contributed by atoms with E-state index in [0.29, 0.717) is 17.9 Å². The maximum absolute atomic E-state index is 13.2. The summed E-state index contributed by atoms with van der Waals surface area (Å²) in [6.07, 6.45) is 6.00. The Bertz CT molecular complexity index is 954. The van der Waals surface area contributed by atoms with Crippen molar-refractivity contribution in [2.75, 3.05) is 57.8 Å². The second-order valence-corrected chi connectivity index (χ2v) is 10.5. The Morgan fingerprint density at radius 1 is 0.943 bits per heavy atom. The zero-order valence-electron chi connectivity index (χ0n) is 21.1. The van der Waals surface area contributed by atoms with Crippen LogP contribution in [0.1, 0.15) is 43.6 Å². The van der Waals surface area contributed by atoms with E-state index < -0.39 is 0 Å². The van der Waals surface area contributed by atoms with E-state index in [1.807, 2.05) is 6.07 Å². The number of hydrogen-bond acceptors (Lipinski definition) is 4. The molecule has 6 heteroatoms. The molecule has 2 aromatic rings. The zero-order chi connectivity index (χ0) is 24.0. The van der Waals surface area contributed by atoms with Gasteiger partial charge in [0.25, 0.3) is 0 Å². The van der Waals surface area contributed by atoms with Gasteiger partial charge in [0.05, 0.1) is 7.11 Å². The number of rotatable bonds is 6. The second-order valence-electron chi connectivity index (χ2n) is 10.5. The number of para-hydroxylation sites is 1. The highest BCUT2D eigenvalue weighted by atomic mass is 16.5. The van der Waals surface area contributed by atoms with E-state index in [1.54, 1.807) is 7.11 Å². The van der Waals surface area contributed by atoms with Gasteiger partial charge in [0.1, 0.15) is 5.75 Å². The van der Waals surface area contributed by atoms with Crippen molar-refractivity contribution < 1.29 is 9.53 Å². The average molecular weight is 477 g/mol. The molecule has 2 amide bonds. The van der Waals surface area contributed by atoms with Crippen molar-refractivity contribution in [1.82, 2.24) is 15.1 Å². The highest BCUT2D eigenvalue weighted by molar-refractivity contribution is 5.75. The molecule has 0 radical (unpaired) electrons. The molecule has 35 heavy (non-hydrogen) atoms. The van der Waals surface area contributed by atoms with Crippen molar-refractivity contribution in [2.24, 2.45) is 5.92 Å². The molecule has 3 aliphatic rings. The smallest absolute Gasteiger partial charge is 0.317 e. The summed E-state index contributed by atoms with van der Waals surface area (Å²) in [4.78, 5) is 20.4. The van der Waals surface area contributed by atoms with Gasteiger partial charge in [-0.05, 0) is 48.6 Å². The summed E-state index contributed by atoms with van der Waals surface area (Å²) in [5, 5.41) is 3.35. The molecule has 188 valence electrons. The number of piperazine rings is 1. The number of likely N-dealkylation sites (tertiary alicyclic amines) is 1. The molecule has 0 aromatic heterocycles. The number of urea groups is 1. The molecule has 2 unspecified atom stereocenters. The molecule has 3 fully saturated rings. The van der Waals surface area contributed by atoms with Crippen LogP contribution < -0.4 is 15.0 Å². The minimum absolute atomic E-state index is 0.126. The topological polar surface area (TPSA) is 48.1 Å². The number of benzene rings is 2. The van der Waals surface area contributed by atoms with E-state index in [-0.39, 0.29) is 6.03 Å². The predicted octanol–water partition coefficient (Wildman–Crippen LogP) is 4.58. The first-order valence-electron chi connectivity index (χ1n) is 13.4. The lowest BCUT2D eigenvalue weighted by atomic mass is 9.88. The highest BCUT2D eigenvalue weighted by Gasteiger charge is 2.38. The fraction of sp³-hybridized carbons (Fsp3) is 0.552. The van der Waals surface area contributed by atoms with Gasteiger partial charge in [0.15, 0.2) is 0 Å². The normalized spacial score (nSPS) is 23.9. The molecular formula is C29H40N4O2. The highest BCUT2D eigenvalue weighted by Crippen LogP contribution is 2.35. The van der Waals surface area contributed by atoms with Crippen molar-refractivity contribution in [3.63, 3.8) is 0 Å². The van der Waals surface area contributed by atoms with Crippen LogP contribution in [0.3, 0.4) is 0 Å². The molecule has 2 atom stereocenters. The third-order valence-electron chi connectivity index (χ3n) is 8.17. The minimum Gasteiger partial charge on any atom is -0.497 e. The third kappa shape index (κ3) is 5.92. The lowest BCUT2D eigenvalue weighted by Gasteiger charge is -2.37. The molecule has 1 N–H and O–H groups in total. The van der Waals surface area contributed by atoms with Gasteiger partial charge in [-0.3, -0.25) is 4.90 Å². The Kier molecular flexibility index (Phi) is 7.77. The summed E-state index contributed by atoms with van der Waals surface area (Å²) in [5.41, 5.74) is 2.60. The second kappa shape index (κ2) is 11.3. The molecule has 0 spiro atoms. The van der Waals surface area contributed by atoms with Gasteiger partial charge in [0, 0.05) is 63.5 Å². The fourth-order valence-electron chi connectivity index (χ4n) is 6.14. The van der Waals surface area contributed by atoms with E-state index >= 15 is 0 Å². The van der Waals surface area contributed by atoms with Crippen molar-refractivity contribution in [3.8, 4) is 5.75 Å². The summed E-state index contributed by atoms with van der Waals surface area (Å²) in [6, 6.07) is 19.6. The average Bonchev–Trinajstić information content (AvgIpc) is 3.34. The first-order chi connectivity index (χ1) is 17.2. The molecular weight excluding hydrogens is 436 g/mol. The van der Waals surface area contributed by atoms with Crippen LogP contribution in [-0.4, -0.2) is 74.8 Å². The summed E-state index contributed by atoms with van der Waals surface area (Å²) in [5.74, 6) is 1.64. The van der Waals surface area contributed by atoms with Gasteiger partial charge in [-0.15, -0.1) is 0 Å². The first-order valence-corrected chi connectivity index (χ1v) is 13.4. The molecule has 5 rings (SSSR count). The van der Waals surface area contributed by atoms with Crippen molar-refractivity contribution in [2.45, 2.75) is 44.1 Å². The van der Waals surface area contributed by atoms with Gasteiger partial charge in [-0.2, -0.15) is 0 Å². The fourth-order valence-corrected chi connectivity index (χ4v) is 6.14. The SMILES string of the molecule is COc1cccc(C2CN(C(=O)NC3CCCCC3)CC2CN2CCN(c3ccccc3)CC2)c1. The van der Waals surface area contributed by atoms with Gasteiger partial charge in [0.2, 0.25) is 0 Å². The Labute approximate surface area is 210 Å². The van der Waals surface area contributed by atoms with Gasteiger partial charge in [-0.25, -0.2) is 4.79 Å². The lowest BCUT2D eigenvalue weighted by Crippen LogP contribution is -2.48. The Morgan fingerprint density at radius 2 is 1.71 bits per heavy atom. The summed E-state index contributed by atoms with van der Waals surface area (Å²) in [6.45, 7) is 6.84. The van der Waals surface area contributed by atoms with E-state index in [4.69, 9.17) is 4.74 Å². The molecule has 2 aliphatic heterocycles. The monoisotopic (exact) mass is 476 g/mol. The Morgan fingerprint density at radius 3 is 2.46 bits per heavy atom. The number of hydrogen-bond donors (Lipinski definition) is 1. The van der Waals surface area contributed by atoms with Gasteiger partial charge in [-0.1, -0.05) is 49.6 Å². The quantitative estimate of drug-likeness (QED) is 0.663. The number of methoxy groups -OCH3 is 1. The van der Waals surface area contributed by atoms with E-state index in [1.165, 1.54) is 30.5 Å². The molecule has 1 aliphatic carbocycles. The Hall–Kier alpha value is -2.73. The standard InChI is InChI=1S/C29H40N4O2/c1-35-27-14-8-9-23(19-27)28-22-33(29(34)30-25-10-4-2-5-11-25)21-24(28)20-31-15-17-32(18-16-31)26-12-6-3-7-13-26/h3,6-9,12-14,19,24-25,28H,2,4-5,10-11,15-18,20-22H2,1H3,(H,30,34). The van der Waals surface area contributed by atoms with Gasteiger partial charge >= 0.3 is 6.03 Å². The largest absolute Gasteiger partial charge is 0.497 e. The number of nitrogens with one attached hydrogen (secondary N) is 1. The van der Waals surface area contributed by atoms with Crippen LogP contribution in [0.2, 0.25) is 0 Å². The van der Waals surface area contributed by atoms with Crippen molar-refractivity contribution in [3.05, 3.63) is 60.2 Å². The molecule has 2 heterocycles. The minimum atomic E-state index is 0.126. The summed E-state index contributed by atoms with van der Waals surface area (Å²) in [7, 11) is 1.72. The summed E-state index contributed by atoms with van der Waals surface area (Å²) < 4.78 is 5.52. The number of carbonyl (C=O) groups excluding carboxylic acids is 1. The molecule has 1 saturated carbocycles. The van der Waals surface area contributed by atoms with Crippen LogP contribution in [0.4, 0.5) is 10.5 Å². The van der Waals surface area contributed by atoms with Crippen molar-refractivity contribution in [1.29, 1.82) is 0 Å². The number of nitrogens with zero attached hydrogens (tertiary/aromatic N) is 3. The van der Waals surface area contributed by atoms with E-state index in [9.17, 15) is 4.79 Å². The predicted molar refractivity (Wildman–Crippen MR) is 141 cm³/mol. The van der Waals surface area contributed by atoms with E-state index in [2.05, 4.69) is 68.5 Å². The number of carbonyl (C=O) groups is 1. The number of ether oxygens (including phenoxy) is 1. The Balaban J connectivity index is 1.25. The maximum atomic E-state index is 13.2. The molecule has 0 bridgehead atoms. The first kappa shape index (κ1) is 24.0. The lowest BCUT2D eigenvalue weighted by molar-refractivity contribution is 0.191. The van der Waals surface area contributed by atoms with Gasteiger partial charge < -0.3 is 19.9 Å². The van der Waals surface area contributed by atoms with Crippen LogP contribution in [0.5, 0.6) is 5.75 Å². The van der Waals surface area contributed by atoms with Crippen LogP contribution in [0.15, 0.2) is 54.6 Å². The van der Waals surface area contributed by atoms with E-state index in [0.717, 1.165) is 64.4 Å². The molecule has 2 saturated heterocycles. The van der Waals surface area contributed by atoms with Crippen LogP contribution in [0.25, 0.3) is 0 Å². The summed E-state index contributed by atoms with van der Waals surface area (Å²) >= 11 is 0. The molecule has 2 aromatic carbocycles. The van der Waals surface area contributed by atoms with Crippen LogP contribution >= 0.6 is 0 Å². The van der Waals surface area contributed by atoms with Crippen LogP contribution in [-0.2, 0) is 0 Å². The number of amides is 2. The van der Waals surface area contributed by atoms with Crippen LogP contribution in [0, 0.1) is 5.92 Å².